The number of likely N-dealkylation sites (N-methyl/N-ethyl adjacent to an activating group) is 1. The molecule has 1 unspecified atom stereocenters. The summed E-state index contributed by atoms with van der Waals surface area (Å²) in [5.74, 6) is 0.659. The van der Waals surface area contributed by atoms with Crippen molar-refractivity contribution in [3.63, 3.8) is 0 Å². The van der Waals surface area contributed by atoms with Crippen LogP contribution in [-0.2, 0) is 4.79 Å². The predicted molar refractivity (Wildman–Crippen MR) is 63.4 cm³/mol. The van der Waals surface area contributed by atoms with Gasteiger partial charge in [-0.25, -0.2) is 0 Å². The van der Waals surface area contributed by atoms with Crippen molar-refractivity contribution in [3.05, 3.63) is 0 Å². The molecule has 0 rings (SSSR count). The molecule has 0 aromatic rings. The first kappa shape index (κ1) is 14.3. The van der Waals surface area contributed by atoms with Gasteiger partial charge in [0.15, 0.2) is 0 Å². The van der Waals surface area contributed by atoms with E-state index in [0.717, 1.165) is 5.75 Å². The van der Waals surface area contributed by atoms with Gasteiger partial charge in [0.25, 0.3) is 0 Å². The fourth-order valence-electron chi connectivity index (χ4n) is 1.19. The summed E-state index contributed by atoms with van der Waals surface area (Å²) in [5, 5.41) is 8.62. The predicted octanol–water partition coefficient (Wildman–Crippen LogP) is 0.685. The van der Waals surface area contributed by atoms with Crippen LogP contribution in [0.4, 0.5) is 0 Å². The van der Waals surface area contributed by atoms with E-state index in [2.05, 4.69) is 6.07 Å². The second kappa shape index (κ2) is 7.55. The van der Waals surface area contributed by atoms with Gasteiger partial charge < -0.3 is 10.6 Å². The van der Waals surface area contributed by atoms with Crippen LogP contribution in [0.1, 0.15) is 13.3 Å². The molecule has 0 heterocycles. The Labute approximate surface area is 95.8 Å². The lowest BCUT2D eigenvalue weighted by molar-refractivity contribution is -0.131. The van der Waals surface area contributed by atoms with E-state index in [9.17, 15) is 4.79 Å². The van der Waals surface area contributed by atoms with Gasteiger partial charge in [-0.2, -0.15) is 17.0 Å². The van der Waals surface area contributed by atoms with Crippen molar-refractivity contribution in [2.45, 2.75) is 19.4 Å². The maximum absolute atomic E-state index is 11.7. The van der Waals surface area contributed by atoms with Gasteiger partial charge in [0.1, 0.15) is 0 Å². The topological polar surface area (TPSA) is 70.1 Å². The zero-order valence-corrected chi connectivity index (χ0v) is 10.4. The molecule has 2 N–H and O–H groups in total. The summed E-state index contributed by atoms with van der Waals surface area (Å²) >= 11 is 1.67. The van der Waals surface area contributed by atoms with Gasteiger partial charge in [0.05, 0.1) is 18.0 Å². The highest BCUT2D eigenvalue weighted by molar-refractivity contribution is 7.98. The van der Waals surface area contributed by atoms with Crippen molar-refractivity contribution < 1.29 is 4.79 Å². The van der Waals surface area contributed by atoms with E-state index in [1.807, 2.05) is 6.26 Å². The Bertz CT molecular complexity index is 239. The molecule has 0 saturated heterocycles. The number of nitrogens with two attached hydrogens (primary N) is 1. The first-order chi connectivity index (χ1) is 7.02. The van der Waals surface area contributed by atoms with E-state index in [4.69, 9.17) is 11.0 Å². The molecule has 1 amide bonds. The third-order valence-corrected chi connectivity index (χ3v) is 2.74. The number of carbonyl (C=O) groups is 1. The summed E-state index contributed by atoms with van der Waals surface area (Å²) in [7, 11) is 1.69. The molecule has 0 aliphatic rings. The van der Waals surface area contributed by atoms with Crippen LogP contribution < -0.4 is 5.73 Å². The van der Waals surface area contributed by atoms with E-state index in [1.54, 1.807) is 30.6 Å². The van der Waals surface area contributed by atoms with Crippen LogP contribution in [0, 0.1) is 17.2 Å². The Kier molecular flexibility index (Phi) is 7.18. The average molecular weight is 229 g/mol. The average Bonchev–Trinajstić information content (AvgIpc) is 2.24. The van der Waals surface area contributed by atoms with Gasteiger partial charge in [-0.3, -0.25) is 4.79 Å². The van der Waals surface area contributed by atoms with Crippen molar-refractivity contribution in [3.8, 4) is 6.07 Å². The minimum atomic E-state index is -0.437. The molecule has 0 aromatic heterocycles. The SMILES string of the molecule is CSCC[C@H](N)C(=O)N(C)CC(C)C#N. The van der Waals surface area contributed by atoms with Crippen LogP contribution in [0.25, 0.3) is 0 Å². The van der Waals surface area contributed by atoms with Gasteiger partial charge in [0, 0.05) is 13.6 Å². The van der Waals surface area contributed by atoms with Crippen molar-refractivity contribution in [1.29, 1.82) is 5.26 Å². The summed E-state index contributed by atoms with van der Waals surface area (Å²) in [6.45, 7) is 2.24. The maximum atomic E-state index is 11.7. The molecular weight excluding hydrogens is 210 g/mol. The molecule has 0 spiro atoms. The lowest BCUT2D eigenvalue weighted by Gasteiger charge is -2.21. The fraction of sp³-hybridized carbons (Fsp3) is 0.800. The Balaban J connectivity index is 4.02. The summed E-state index contributed by atoms with van der Waals surface area (Å²) in [5.41, 5.74) is 5.73. The third kappa shape index (κ3) is 5.65. The number of carbonyl (C=O) groups excluding carboxylic acids is 1. The standard InChI is InChI=1S/C10H19N3OS/c1-8(6-11)7-13(2)10(14)9(12)4-5-15-3/h8-9H,4-5,7,12H2,1-3H3/t8?,9-/m0/s1. The molecule has 0 radical (unpaired) electrons. The van der Waals surface area contributed by atoms with Crippen molar-refractivity contribution in [2.75, 3.05) is 25.6 Å². The van der Waals surface area contributed by atoms with E-state index in [-0.39, 0.29) is 11.8 Å². The van der Waals surface area contributed by atoms with Gasteiger partial charge in [-0.05, 0) is 25.4 Å². The maximum Gasteiger partial charge on any atom is 0.239 e. The first-order valence-electron chi connectivity index (χ1n) is 4.92. The van der Waals surface area contributed by atoms with E-state index < -0.39 is 6.04 Å². The van der Waals surface area contributed by atoms with Crippen LogP contribution in [0.3, 0.4) is 0 Å². The van der Waals surface area contributed by atoms with E-state index >= 15 is 0 Å². The molecule has 2 atom stereocenters. The van der Waals surface area contributed by atoms with Gasteiger partial charge in [-0.1, -0.05) is 0 Å². The highest BCUT2D eigenvalue weighted by Gasteiger charge is 2.18. The number of hydrogen-bond acceptors (Lipinski definition) is 4. The van der Waals surface area contributed by atoms with E-state index in [1.165, 1.54) is 0 Å². The molecule has 0 aromatic carbocycles. The third-order valence-electron chi connectivity index (χ3n) is 2.09. The van der Waals surface area contributed by atoms with Crippen molar-refractivity contribution in [2.24, 2.45) is 11.7 Å². The molecule has 15 heavy (non-hydrogen) atoms. The minimum absolute atomic E-state index is 0.0776. The first-order valence-corrected chi connectivity index (χ1v) is 6.31. The molecule has 4 nitrogen and oxygen atoms in total. The molecule has 0 bridgehead atoms. The molecule has 0 aliphatic carbocycles. The lowest BCUT2D eigenvalue weighted by atomic mass is 10.1. The number of rotatable bonds is 6. The quantitative estimate of drug-likeness (QED) is 0.727. The highest BCUT2D eigenvalue weighted by Crippen LogP contribution is 2.03. The molecule has 0 aliphatic heterocycles. The number of nitriles is 1. The Morgan fingerprint density at radius 2 is 2.27 bits per heavy atom. The largest absolute Gasteiger partial charge is 0.343 e. The molecule has 0 saturated carbocycles. The number of thioether (sulfide) groups is 1. The monoisotopic (exact) mass is 229 g/mol. The number of amides is 1. The number of nitrogens with zero attached hydrogens (tertiary/aromatic N) is 2. The van der Waals surface area contributed by atoms with Crippen LogP contribution in [0.2, 0.25) is 0 Å². The zero-order chi connectivity index (χ0) is 11.8. The summed E-state index contributed by atoms with van der Waals surface area (Å²) in [4.78, 5) is 13.2. The molecule has 5 heteroatoms. The second-order valence-corrected chi connectivity index (χ2v) is 4.62. The second-order valence-electron chi connectivity index (χ2n) is 3.64. The lowest BCUT2D eigenvalue weighted by Crippen LogP contribution is -2.43. The van der Waals surface area contributed by atoms with Crippen LogP contribution >= 0.6 is 11.8 Å². The van der Waals surface area contributed by atoms with Crippen LogP contribution in [0.15, 0.2) is 0 Å². The van der Waals surface area contributed by atoms with E-state index in [0.29, 0.717) is 13.0 Å². The zero-order valence-electron chi connectivity index (χ0n) is 9.56. The van der Waals surface area contributed by atoms with Gasteiger partial charge in [-0.15, -0.1) is 0 Å². The smallest absolute Gasteiger partial charge is 0.239 e. The van der Waals surface area contributed by atoms with Crippen LogP contribution in [0.5, 0.6) is 0 Å². The van der Waals surface area contributed by atoms with Crippen LogP contribution in [-0.4, -0.2) is 42.4 Å². The summed E-state index contributed by atoms with van der Waals surface area (Å²) < 4.78 is 0. The molecule has 86 valence electrons. The highest BCUT2D eigenvalue weighted by atomic mass is 32.2. The molecule has 0 fully saturated rings. The Morgan fingerprint density at radius 1 is 1.67 bits per heavy atom. The normalized spacial score (nSPS) is 14.1. The van der Waals surface area contributed by atoms with Crippen molar-refractivity contribution >= 4 is 17.7 Å². The summed E-state index contributed by atoms with van der Waals surface area (Å²) in [6, 6.07) is 1.66. The van der Waals surface area contributed by atoms with Gasteiger partial charge in [0.2, 0.25) is 5.91 Å². The van der Waals surface area contributed by atoms with Crippen molar-refractivity contribution in [1.82, 2.24) is 4.90 Å². The Hall–Kier alpha value is -0.730. The van der Waals surface area contributed by atoms with Gasteiger partial charge >= 0.3 is 0 Å². The number of hydrogen-bond donors (Lipinski definition) is 1. The minimum Gasteiger partial charge on any atom is -0.343 e. The fourth-order valence-corrected chi connectivity index (χ4v) is 1.68. The molecular formula is C10H19N3OS. The Morgan fingerprint density at radius 3 is 2.73 bits per heavy atom. The summed E-state index contributed by atoms with van der Waals surface area (Å²) in [6.07, 6.45) is 2.67.